The van der Waals surface area contributed by atoms with Gasteiger partial charge in [0, 0.05) is 25.7 Å². The third-order valence-electron chi connectivity index (χ3n) is 2.88. The van der Waals surface area contributed by atoms with Gasteiger partial charge in [-0.15, -0.1) is 0 Å². The van der Waals surface area contributed by atoms with E-state index in [2.05, 4.69) is 10.3 Å². The average Bonchev–Trinajstić information content (AvgIpc) is 2.81. The summed E-state index contributed by atoms with van der Waals surface area (Å²) in [7, 11) is 1.48. The van der Waals surface area contributed by atoms with E-state index in [4.69, 9.17) is 15.6 Å². The van der Waals surface area contributed by atoms with Crippen LogP contribution >= 0.6 is 11.3 Å². The molecule has 1 unspecified atom stereocenters. The Morgan fingerprint density at radius 2 is 2.29 bits per heavy atom. The van der Waals surface area contributed by atoms with Gasteiger partial charge in [-0.25, -0.2) is 9.78 Å². The highest BCUT2D eigenvalue weighted by atomic mass is 32.1. The molecule has 0 aliphatic rings. The van der Waals surface area contributed by atoms with Crippen molar-refractivity contribution in [3.63, 3.8) is 0 Å². The second-order valence-electron chi connectivity index (χ2n) is 4.38. The average molecular weight is 309 g/mol. The number of hydrogen-bond acceptors (Lipinski definition) is 6. The van der Waals surface area contributed by atoms with Gasteiger partial charge < -0.3 is 20.9 Å². The number of methoxy groups -OCH3 is 1. The number of carboxylic acid groups (broad SMARTS) is 1. The van der Waals surface area contributed by atoms with Crippen molar-refractivity contribution in [2.24, 2.45) is 0 Å². The Kier molecular flexibility index (Phi) is 4.71. The van der Waals surface area contributed by atoms with Crippen molar-refractivity contribution in [2.45, 2.75) is 12.5 Å². The summed E-state index contributed by atoms with van der Waals surface area (Å²) >= 11 is 1.27. The van der Waals surface area contributed by atoms with Gasteiger partial charge in [-0.2, -0.15) is 0 Å². The lowest BCUT2D eigenvalue weighted by molar-refractivity contribution is -0.139. The van der Waals surface area contributed by atoms with Gasteiger partial charge in [-0.3, -0.25) is 4.79 Å². The Morgan fingerprint density at radius 1 is 1.52 bits per heavy atom. The highest BCUT2D eigenvalue weighted by Gasteiger charge is 2.20. The minimum absolute atomic E-state index is 0.202. The molecular formula is C13H15N3O4S. The van der Waals surface area contributed by atoms with Crippen LogP contribution in [0.3, 0.4) is 0 Å². The number of rotatable bonds is 6. The topological polar surface area (TPSA) is 115 Å². The Labute approximate surface area is 124 Å². The maximum absolute atomic E-state index is 12.1. The van der Waals surface area contributed by atoms with Crippen LogP contribution in [0.1, 0.15) is 16.8 Å². The number of thiazole rings is 1. The summed E-state index contributed by atoms with van der Waals surface area (Å²) in [4.78, 5) is 27.3. The van der Waals surface area contributed by atoms with Gasteiger partial charge in [0.15, 0.2) is 5.13 Å². The summed E-state index contributed by atoms with van der Waals surface area (Å²) in [6.45, 7) is 0.252. The molecule has 0 saturated carbocycles. The first-order chi connectivity index (χ1) is 10.0. The second kappa shape index (κ2) is 6.51. The van der Waals surface area contributed by atoms with Crippen LogP contribution < -0.4 is 11.1 Å². The first kappa shape index (κ1) is 15.2. The zero-order chi connectivity index (χ0) is 15.4. The minimum Gasteiger partial charge on any atom is -0.480 e. The number of nitrogens with two attached hydrogens (primary N) is 1. The van der Waals surface area contributed by atoms with E-state index in [0.29, 0.717) is 16.2 Å². The molecule has 1 atom stereocenters. The van der Waals surface area contributed by atoms with Crippen molar-refractivity contribution in [1.29, 1.82) is 0 Å². The van der Waals surface area contributed by atoms with Crippen molar-refractivity contribution in [3.05, 3.63) is 23.8 Å². The van der Waals surface area contributed by atoms with Crippen LogP contribution in [-0.4, -0.2) is 41.7 Å². The van der Waals surface area contributed by atoms with Crippen molar-refractivity contribution >= 4 is 38.6 Å². The molecule has 1 aromatic heterocycles. The molecular weight excluding hydrogens is 294 g/mol. The number of amides is 1. The first-order valence-electron chi connectivity index (χ1n) is 6.20. The minimum atomic E-state index is -1.09. The number of carbonyl (C=O) groups is 2. The SMILES string of the molecule is COCCC(NC(=O)c1ccc2nc(N)sc2c1)C(=O)O. The van der Waals surface area contributed by atoms with Gasteiger partial charge >= 0.3 is 5.97 Å². The molecule has 0 radical (unpaired) electrons. The number of benzene rings is 1. The number of anilines is 1. The lowest BCUT2D eigenvalue weighted by Crippen LogP contribution is -2.41. The van der Waals surface area contributed by atoms with E-state index >= 15 is 0 Å². The zero-order valence-electron chi connectivity index (χ0n) is 11.3. The monoisotopic (exact) mass is 309 g/mol. The van der Waals surface area contributed by atoms with Gasteiger partial charge in [0.05, 0.1) is 10.2 Å². The van der Waals surface area contributed by atoms with Crippen LogP contribution in [0.2, 0.25) is 0 Å². The highest BCUT2D eigenvalue weighted by molar-refractivity contribution is 7.22. The number of aromatic nitrogens is 1. The van der Waals surface area contributed by atoms with Crippen LogP contribution in [0.4, 0.5) is 5.13 Å². The molecule has 21 heavy (non-hydrogen) atoms. The molecule has 0 bridgehead atoms. The molecule has 0 fully saturated rings. The third-order valence-corrected chi connectivity index (χ3v) is 3.73. The van der Waals surface area contributed by atoms with Crippen LogP contribution in [0.15, 0.2) is 18.2 Å². The van der Waals surface area contributed by atoms with Gasteiger partial charge in [-0.05, 0) is 18.2 Å². The Bertz CT molecular complexity index is 670. The fourth-order valence-corrected chi connectivity index (χ4v) is 2.59. The molecule has 2 aromatic rings. The number of hydrogen-bond donors (Lipinski definition) is 3. The molecule has 112 valence electrons. The number of ether oxygens (including phenoxy) is 1. The summed E-state index contributed by atoms with van der Waals surface area (Å²) in [6.07, 6.45) is 0.202. The van der Waals surface area contributed by atoms with Crippen LogP contribution in [-0.2, 0) is 9.53 Å². The lowest BCUT2D eigenvalue weighted by atomic mass is 10.1. The number of nitrogen functional groups attached to an aromatic ring is 1. The molecule has 1 amide bonds. The predicted octanol–water partition coefficient (Wildman–Crippen LogP) is 1.10. The van der Waals surface area contributed by atoms with E-state index in [1.807, 2.05) is 0 Å². The molecule has 7 nitrogen and oxygen atoms in total. The number of carboxylic acids is 1. The Morgan fingerprint density at radius 3 is 2.95 bits per heavy atom. The molecule has 1 aromatic carbocycles. The van der Waals surface area contributed by atoms with Crippen LogP contribution in [0.5, 0.6) is 0 Å². The number of aliphatic carboxylic acids is 1. The number of nitrogens with one attached hydrogen (secondary N) is 1. The van der Waals surface area contributed by atoms with Gasteiger partial charge in [0.25, 0.3) is 5.91 Å². The van der Waals surface area contributed by atoms with Crippen molar-refractivity contribution in [2.75, 3.05) is 19.5 Å². The van der Waals surface area contributed by atoms with E-state index in [1.165, 1.54) is 18.4 Å². The van der Waals surface area contributed by atoms with E-state index < -0.39 is 17.9 Å². The molecule has 1 heterocycles. The maximum Gasteiger partial charge on any atom is 0.326 e. The van der Waals surface area contributed by atoms with Gasteiger partial charge in [0.2, 0.25) is 0 Å². The quantitative estimate of drug-likeness (QED) is 0.736. The molecule has 0 aliphatic heterocycles. The Hall–Kier alpha value is -2.19. The van der Waals surface area contributed by atoms with E-state index in [9.17, 15) is 9.59 Å². The molecule has 8 heteroatoms. The summed E-state index contributed by atoms with van der Waals surface area (Å²) in [5.74, 6) is -1.55. The van der Waals surface area contributed by atoms with Crippen molar-refractivity contribution < 1.29 is 19.4 Å². The molecule has 0 aliphatic carbocycles. The van der Waals surface area contributed by atoms with Gasteiger partial charge in [0.1, 0.15) is 6.04 Å². The van der Waals surface area contributed by atoms with Crippen molar-refractivity contribution in [3.8, 4) is 0 Å². The van der Waals surface area contributed by atoms with Crippen LogP contribution in [0.25, 0.3) is 10.2 Å². The number of fused-ring (bicyclic) bond motifs is 1. The zero-order valence-corrected chi connectivity index (χ0v) is 12.1. The highest BCUT2D eigenvalue weighted by Crippen LogP contribution is 2.24. The summed E-state index contributed by atoms with van der Waals surface area (Å²) in [6, 6.07) is 3.93. The van der Waals surface area contributed by atoms with Crippen LogP contribution in [0, 0.1) is 0 Å². The first-order valence-corrected chi connectivity index (χ1v) is 7.01. The summed E-state index contributed by atoms with van der Waals surface area (Å²) in [5.41, 5.74) is 6.69. The normalized spacial score (nSPS) is 12.2. The number of carbonyl (C=O) groups excluding carboxylic acids is 1. The van der Waals surface area contributed by atoms with E-state index in [-0.39, 0.29) is 13.0 Å². The van der Waals surface area contributed by atoms with E-state index in [0.717, 1.165) is 4.70 Å². The third kappa shape index (κ3) is 3.67. The maximum atomic E-state index is 12.1. The molecule has 4 N–H and O–H groups in total. The Balaban J connectivity index is 2.14. The largest absolute Gasteiger partial charge is 0.480 e. The fourth-order valence-electron chi connectivity index (χ4n) is 1.82. The number of nitrogens with zero attached hydrogens (tertiary/aromatic N) is 1. The molecule has 0 saturated heterocycles. The van der Waals surface area contributed by atoms with E-state index in [1.54, 1.807) is 18.2 Å². The van der Waals surface area contributed by atoms with Crippen molar-refractivity contribution in [1.82, 2.24) is 10.3 Å². The molecule has 2 rings (SSSR count). The van der Waals surface area contributed by atoms with Gasteiger partial charge in [-0.1, -0.05) is 11.3 Å². The summed E-state index contributed by atoms with van der Waals surface area (Å²) in [5, 5.41) is 12.0. The predicted molar refractivity (Wildman–Crippen MR) is 79.4 cm³/mol. The lowest BCUT2D eigenvalue weighted by Gasteiger charge is -2.14. The second-order valence-corrected chi connectivity index (χ2v) is 5.44. The standard InChI is InChI=1S/C13H15N3O4S/c1-20-5-4-9(12(18)19)15-11(17)7-2-3-8-10(6-7)21-13(14)16-8/h2-3,6,9H,4-5H2,1H3,(H2,14,16)(H,15,17)(H,18,19). The fraction of sp³-hybridized carbons (Fsp3) is 0.308. The molecule has 0 spiro atoms. The smallest absolute Gasteiger partial charge is 0.326 e. The summed E-state index contributed by atoms with van der Waals surface area (Å²) < 4.78 is 5.62.